The highest BCUT2D eigenvalue weighted by molar-refractivity contribution is 6.52. The molecule has 0 atom stereocenters. The van der Waals surface area contributed by atoms with Gasteiger partial charge in [0.05, 0.1) is 5.69 Å². The highest BCUT2D eigenvalue weighted by atomic mass is 35.5. The van der Waals surface area contributed by atoms with Crippen LogP contribution in [0.15, 0.2) is 36.5 Å². The third-order valence-corrected chi connectivity index (χ3v) is 2.99. The van der Waals surface area contributed by atoms with Gasteiger partial charge in [-0.3, -0.25) is 4.98 Å². The Labute approximate surface area is 102 Å². The summed E-state index contributed by atoms with van der Waals surface area (Å²) >= 11 is 5.86. The van der Waals surface area contributed by atoms with Gasteiger partial charge in [0.2, 0.25) is 0 Å². The third-order valence-electron chi connectivity index (χ3n) is 2.74. The van der Waals surface area contributed by atoms with E-state index in [4.69, 9.17) is 11.6 Å². The third kappa shape index (κ3) is 2.28. The van der Waals surface area contributed by atoms with Crippen LogP contribution in [0.2, 0.25) is 11.8 Å². The van der Waals surface area contributed by atoms with Crippen molar-refractivity contribution in [3.8, 4) is 11.3 Å². The van der Waals surface area contributed by atoms with Crippen molar-refractivity contribution >= 4 is 24.3 Å². The molecule has 3 heteroatoms. The second-order valence-corrected chi connectivity index (χ2v) is 4.29. The minimum Gasteiger partial charge on any atom is -0.257 e. The lowest BCUT2D eigenvalue weighted by Gasteiger charge is -2.05. The Morgan fingerprint density at radius 2 is 1.88 bits per heavy atom. The van der Waals surface area contributed by atoms with Gasteiger partial charge >= 0.3 is 0 Å². The van der Waals surface area contributed by atoms with Crippen molar-refractivity contribution in [3.05, 3.63) is 47.1 Å². The van der Waals surface area contributed by atoms with Crippen LogP contribution in [0.3, 0.4) is 0 Å². The molecule has 0 saturated heterocycles. The van der Waals surface area contributed by atoms with E-state index < -0.39 is 0 Å². The maximum absolute atomic E-state index is 5.86. The van der Waals surface area contributed by atoms with E-state index in [1.54, 1.807) is 0 Å². The fourth-order valence-corrected chi connectivity index (χ4v) is 1.86. The fraction of sp³-hybridized carbons (Fsp3) is 0.154. The lowest BCUT2D eigenvalue weighted by molar-refractivity contribution is 1.31. The Morgan fingerprint density at radius 3 is 2.44 bits per heavy atom. The molecular weight excluding hydrogens is 216 g/mol. The Morgan fingerprint density at radius 1 is 1.19 bits per heavy atom. The van der Waals surface area contributed by atoms with Gasteiger partial charge in [0.15, 0.2) is 7.28 Å². The zero-order chi connectivity index (χ0) is 11.5. The topological polar surface area (TPSA) is 12.9 Å². The van der Waals surface area contributed by atoms with E-state index in [1.165, 1.54) is 11.0 Å². The van der Waals surface area contributed by atoms with Gasteiger partial charge in [-0.15, -0.1) is 0 Å². The molecule has 0 saturated carbocycles. The molecule has 1 nitrogen and oxygen atoms in total. The molecule has 0 unspecified atom stereocenters. The maximum atomic E-state index is 5.86. The Bertz CT molecular complexity index is 494. The first-order valence-corrected chi connectivity index (χ1v) is 5.80. The lowest BCUT2D eigenvalue weighted by atomic mass is 9.72. The minimum atomic E-state index is 0.755. The van der Waals surface area contributed by atoms with Crippen molar-refractivity contribution in [2.45, 2.75) is 13.7 Å². The zero-order valence-electron chi connectivity index (χ0n) is 9.50. The number of pyridine rings is 1. The van der Waals surface area contributed by atoms with E-state index in [-0.39, 0.29) is 0 Å². The van der Waals surface area contributed by atoms with Crippen molar-refractivity contribution in [1.29, 1.82) is 0 Å². The van der Waals surface area contributed by atoms with Gasteiger partial charge < -0.3 is 0 Å². The molecule has 2 rings (SSSR count). The van der Waals surface area contributed by atoms with Gasteiger partial charge in [0.25, 0.3) is 0 Å². The first kappa shape index (κ1) is 11.2. The summed E-state index contributed by atoms with van der Waals surface area (Å²) in [6.07, 6.45) is 1.96. The van der Waals surface area contributed by atoms with Crippen LogP contribution >= 0.6 is 11.6 Å². The SMILES string of the molecule is CBc1cnc(-c2ccc(Cl)cc2)cc1C. The second-order valence-electron chi connectivity index (χ2n) is 3.86. The van der Waals surface area contributed by atoms with E-state index in [1.807, 2.05) is 30.5 Å². The molecule has 0 spiro atoms. The Kier molecular flexibility index (Phi) is 3.30. The molecule has 1 heterocycles. The summed E-state index contributed by atoms with van der Waals surface area (Å²) in [4.78, 5) is 4.47. The number of rotatable bonds is 2. The van der Waals surface area contributed by atoms with E-state index in [0.717, 1.165) is 23.6 Å². The normalized spacial score (nSPS) is 10.2. The van der Waals surface area contributed by atoms with Crippen LogP contribution in [0, 0.1) is 6.92 Å². The number of nitrogens with zero attached hydrogens (tertiary/aromatic N) is 1. The van der Waals surface area contributed by atoms with E-state index >= 15 is 0 Å². The molecule has 1 aromatic carbocycles. The zero-order valence-corrected chi connectivity index (χ0v) is 10.3. The summed E-state index contributed by atoms with van der Waals surface area (Å²) in [7, 11) is 1.03. The van der Waals surface area contributed by atoms with Gasteiger partial charge in [-0.1, -0.05) is 41.6 Å². The van der Waals surface area contributed by atoms with E-state index in [0.29, 0.717) is 0 Å². The number of benzene rings is 1. The predicted octanol–water partition coefficient (Wildman–Crippen LogP) is 2.82. The molecule has 0 amide bonds. The molecule has 0 bridgehead atoms. The molecule has 2 aromatic rings. The first-order valence-electron chi connectivity index (χ1n) is 5.42. The number of aromatic nitrogens is 1. The molecule has 0 radical (unpaired) electrons. The van der Waals surface area contributed by atoms with Crippen LogP contribution in [0.4, 0.5) is 0 Å². The average Bonchev–Trinajstić information content (AvgIpc) is 2.30. The van der Waals surface area contributed by atoms with Gasteiger partial charge in [-0.25, -0.2) is 0 Å². The molecule has 0 aliphatic rings. The minimum absolute atomic E-state index is 0.755. The summed E-state index contributed by atoms with van der Waals surface area (Å²) in [6.45, 7) is 4.27. The molecule has 0 N–H and O–H groups in total. The molecule has 1 aromatic heterocycles. The number of hydrogen-bond donors (Lipinski definition) is 0. The lowest BCUT2D eigenvalue weighted by Crippen LogP contribution is -2.15. The van der Waals surface area contributed by atoms with E-state index in [9.17, 15) is 0 Å². The molecule has 80 valence electrons. The van der Waals surface area contributed by atoms with Crippen molar-refractivity contribution in [2.75, 3.05) is 0 Å². The van der Waals surface area contributed by atoms with Crippen molar-refractivity contribution < 1.29 is 0 Å². The molecular formula is C13H13BClN. The van der Waals surface area contributed by atoms with Gasteiger partial charge in [-0.05, 0) is 25.1 Å². The van der Waals surface area contributed by atoms with Crippen LogP contribution < -0.4 is 5.46 Å². The Balaban J connectivity index is 2.41. The number of aryl methyl sites for hydroxylation is 1. The summed E-state index contributed by atoms with van der Waals surface area (Å²) in [5.74, 6) is 0. The highest BCUT2D eigenvalue weighted by Crippen LogP contribution is 2.19. The summed E-state index contributed by atoms with van der Waals surface area (Å²) < 4.78 is 0. The summed E-state index contributed by atoms with van der Waals surface area (Å²) in [6, 6.07) is 9.90. The van der Waals surface area contributed by atoms with Crippen LogP contribution in [0.5, 0.6) is 0 Å². The van der Waals surface area contributed by atoms with Gasteiger partial charge in [0.1, 0.15) is 0 Å². The molecule has 0 fully saturated rings. The van der Waals surface area contributed by atoms with Crippen molar-refractivity contribution in [2.24, 2.45) is 0 Å². The summed E-state index contributed by atoms with van der Waals surface area (Å²) in [5, 5.41) is 0.755. The van der Waals surface area contributed by atoms with Crippen LogP contribution in [-0.4, -0.2) is 12.3 Å². The first-order chi connectivity index (χ1) is 7.70. The van der Waals surface area contributed by atoms with Crippen molar-refractivity contribution in [3.63, 3.8) is 0 Å². The quantitative estimate of drug-likeness (QED) is 0.722. The van der Waals surface area contributed by atoms with Gasteiger partial charge in [-0.2, -0.15) is 0 Å². The van der Waals surface area contributed by atoms with Crippen LogP contribution in [0.25, 0.3) is 11.3 Å². The molecule has 16 heavy (non-hydrogen) atoms. The van der Waals surface area contributed by atoms with Crippen LogP contribution in [-0.2, 0) is 0 Å². The highest BCUT2D eigenvalue weighted by Gasteiger charge is 2.02. The predicted molar refractivity (Wildman–Crippen MR) is 72.1 cm³/mol. The average molecular weight is 230 g/mol. The molecule has 0 aliphatic heterocycles. The fourth-order valence-electron chi connectivity index (χ4n) is 1.73. The summed E-state index contributed by atoms with van der Waals surface area (Å²) in [5.41, 5.74) is 4.71. The second kappa shape index (κ2) is 4.71. The largest absolute Gasteiger partial charge is 0.257 e. The number of halogens is 1. The smallest absolute Gasteiger partial charge is 0.156 e. The maximum Gasteiger partial charge on any atom is 0.156 e. The van der Waals surface area contributed by atoms with Gasteiger partial charge in [0, 0.05) is 16.8 Å². The molecule has 0 aliphatic carbocycles. The monoisotopic (exact) mass is 229 g/mol. The van der Waals surface area contributed by atoms with E-state index in [2.05, 4.69) is 24.8 Å². The Hall–Kier alpha value is -1.28. The standard InChI is InChI=1S/C13H13BClN/c1-9-7-13(16-8-12(9)14-2)10-3-5-11(15)6-4-10/h3-8,14H,1-2H3. The van der Waals surface area contributed by atoms with Crippen molar-refractivity contribution in [1.82, 2.24) is 4.98 Å². The van der Waals surface area contributed by atoms with Crippen LogP contribution in [0.1, 0.15) is 5.56 Å². The number of hydrogen-bond acceptors (Lipinski definition) is 1.